The Morgan fingerprint density at radius 2 is 2.23 bits per heavy atom. The number of hydrogen-bond acceptors (Lipinski definition) is 3. The summed E-state index contributed by atoms with van der Waals surface area (Å²) >= 11 is 4.00. The van der Waals surface area contributed by atoms with Crippen molar-refractivity contribution >= 4 is 23.5 Å². The van der Waals surface area contributed by atoms with Gasteiger partial charge in [-0.25, -0.2) is 0 Å². The van der Waals surface area contributed by atoms with E-state index in [0.717, 1.165) is 12.3 Å². The number of nitrogens with one attached hydrogen (secondary N) is 1. The lowest BCUT2D eigenvalue weighted by Crippen LogP contribution is -2.15. The highest BCUT2D eigenvalue weighted by molar-refractivity contribution is 8.16. The van der Waals surface area contributed by atoms with Gasteiger partial charge in [-0.2, -0.15) is 0 Å². The second-order valence-electron chi connectivity index (χ2n) is 2.95. The molecule has 2 rings (SSSR count). The van der Waals surface area contributed by atoms with Crippen LogP contribution in [0.15, 0.2) is 30.3 Å². The van der Waals surface area contributed by atoms with E-state index in [9.17, 15) is 0 Å². The maximum atomic E-state index is 3.45. The Morgan fingerprint density at radius 1 is 1.38 bits per heavy atom. The van der Waals surface area contributed by atoms with Crippen molar-refractivity contribution in [3.8, 4) is 0 Å². The average Bonchev–Trinajstić information content (AvgIpc) is 2.69. The third-order valence-electron chi connectivity index (χ3n) is 1.93. The van der Waals surface area contributed by atoms with Gasteiger partial charge in [-0.1, -0.05) is 30.3 Å². The van der Waals surface area contributed by atoms with Crippen LogP contribution in [0.2, 0.25) is 0 Å². The molecule has 1 saturated heterocycles. The second kappa shape index (κ2) is 4.94. The van der Waals surface area contributed by atoms with Crippen molar-refractivity contribution in [1.82, 2.24) is 5.32 Å². The number of thioether (sulfide) groups is 2. The average molecular weight is 211 g/mol. The van der Waals surface area contributed by atoms with Crippen molar-refractivity contribution in [2.45, 2.75) is 10.5 Å². The van der Waals surface area contributed by atoms with E-state index < -0.39 is 0 Å². The first-order chi connectivity index (χ1) is 6.45. The standard InChI is InChI=1S/C10H13NS2/c1-2-4-9(5-3-1)8-13-10-11-6-7-12-10/h1-5,10-11H,6-8H2. The molecular formula is C10H13NS2. The third kappa shape index (κ3) is 2.93. The van der Waals surface area contributed by atoms with Crippen molar-refractivity contribution in [3.05, 3.63) is 35.9 Å². The van der Waals surface area contributed by atoms with Gasteiger partial charge in [-0.3, -0.25) is 5.32 Å². The topological polar surface area (TPSA) is 12.0 Å². The summed E-state index contributed by atoms with van der Waals surface area (Å²) in [6.45, 7) is 1.16. The van der Waals surface area contributed by atoms with E-state index in [1.165, 1.54) is 11.3 Å². The Morgan fingerprint density at radius 3 is 2.92 bits per heavy atom. The van der Waals surface area contributed by atoms with Gasteiger partial charge in [0.1, 0.15) is 4.71 Å². The highest BCUT2D eigenvalue weighted by Crippen LogP contribution is 2.27. The van der Waals surface area contributed by atoms with Gasteiger partial charge in [0.15, 0.2) is 0 Å². The molecule has 1 aromatic rings. The summed E-state index contributed by atoms with van der Waals surface area (Å²) < 4.78 is 0.611. The summed E-state index contributed by atoms with van der Waals surface area (Å²) in [5.74, 6) is 2.37. The molecule has 0 saturated carbocycles. The minimum atomic E-state index is 0.611. The first kappa shape index (κ1) is 9.44. The second-order valence-corrected chi connectivity index (χ2v) is 5.56. The van der Waals surface area contributed by atoms with Gasteiger partial charge in [0, 0.05) is 18.1 Å². The van der Waals surface area contributed by atoms with Crippen LogP contribution in [-0.2, 0) is 5.75 Å². The molecule has 0 amide bonds. The lowest BCUT2D eigenvalue weighted by molar-refractivity contribution is 0.853. The van der Waals surface area contributed by atoms with Crippen molar-refractivity contribution in [2.24, 2.45) is 0 Å². The maximum Gasteiger partial charge on any atom is 0.101 e. The molecule has 1 aliphatic rings. The van der Waals surface area contributed by atoms with E-state index in [1.807, 2.05) is 23.5 Å². The Hall–Kier alpha value is -0.120. The fourth-order valence-electron chi connectivity index (χ4n) is 1.25. The molecule has 1 unspecified atom stereocenters. The molecule has 1 atom stereocenters. The molecule has 0 spiro atoms. The molecule has 1 nitrogen and oxygen atoms in total. The maximum absolute atomic E-state index is 3.45. The minimum Gasteiger partial charge on any atom is -0.296 e. The van der Waals surface area contributed by atoms with E-state index in [2.05, 4.69) is 35.6 Å². The number of benzene rings is 1. The summed E-state index contributed by atoms with van der Waals surface area (Å²) in [6, 6.07) is 10.6. The van der Waals surface area contributed by atoms with Gasteiger partial charge in [0.25, 0.3) is 0 Å². The largest absolute Gasteiger partial charge is 0.296 e. The lowest BCUT2D eigenvalue weighted by atomic mass is 10.2. The number of rotatable bonds is 3. The highest BCUT2D eigenvalue weighted by Gasteiger charge is 2.14. The van der Waals surface area contributed by atoms with E-state index in [0.29, 0.717) is 4.71 Å². The van der Waals surface area contributed by atoms with E-state index in [4.69, 9.17) is 0 Å². The third-order valence-corrected chi connectivity index (χ3v) is 4.62. The van der Waals surface area contributed by atoms with Gasteiger partial charge in [-0.05, 0) is 5.56 Å². The Labute approximate surface area is 87.7 Å². The van der Waals surface area contributed by atoms with Crippen LogP contribution in [-0.4, -0.2) is 17.0 Å². The van der Waals surface area contributed by atoms with Crippen LogP contribution in [0.25, 0.3) is 0 Å². The predicted molar refractivity (Wildman–Crippen MR) is 62.0 cm³/mol. The van der Waals surface area contributed by atoms with Crippen LogP contribution in [0.3, 0.4) is 0 Å². The zero-order valence-electron chi connectivity index (χ0n) is 7.40. The number of hydrogen-bond donors (Lipinski definition) is 1. The molecule has 0 bridgehead atoms. The highest BCUT2D eigenvalue weighted by atomic mass is 32.2. The summed E-state index contributed by atoms with van der Waals surface area (Å²) in [5, 5.41) is 3.45. The van der Waals surface area contributed by atoms with Gasteiger partial charge in [0.05, 0.1) is 0 Å². The molecule has 13 heavy (non-hydrogen) atoms. The zero-order valence-corrected chi connectivity index (χ0v) is 9.03. The molecule has 1 fully saturated rings. The Kier molecular flexibility index (Phi) is 3.58. The van der Waals surface area contributed by atoms with Crippen molar-refractivity contribution in [3.63, 3.8) is 0 Å². The first-order valence-electron chi connectivity index (χ1n) is 4.46. The van der Waals surface area contributed by atoms with Crippen LogP contribution in [0.5, 0.6) is 0 Å². The van der Waals surface area contributed by atoms with Crippen molar-refractivity contribution in [2.75, 3.05) is 12.3 Å². The van der Waals surface area contributed by atoms with Crippen LogP contribution < -0.4 is 5.32 Å². The summed E-state index contributed by atoms with van der Waals surface area (Å²) in [5.41, 5.74) is 1.42. The molecule has 1 aromatic carbocycles. The normalized spacial score (nSPS) is 22.0. The fourth-order valence-corrected chi connectivity index (χ4v) is 3.59. The molecule has 1 heterocycles. The van der Waals surface area contributed by atoms with E-state index >= 15 is 0 Å². The molecule has 3 heteroatoms. The van der Waals surface area contributed by atoms with E-state index in [1.54, 1.807) is 0 Å². The molecule has 0 aliphatic carbocycles. The first-order valence-corrected chi connectivity index (χ1v) is 6.55. The summed E-state index contributed by atoms with van der Waals surface area (Å²) in [4.78, 5) is 0. The smallest absolute Gasteiger partial charge is 0.101 e. The van der Waals surface area contributed by atoms with Crippen LogP contribution >= 0.6 is 23.5 Å². The summed E-state index contributed by atoms with van der Waals surface area (Å²) in [7, 11) is 0. The monoisotopic (exact) mass is 211 g/mol. The van der Waals surface area contributed by atoms with Gasteiger partial charge in [0.2, 0.25) is 0 Å². The van der Waals surface area contributed by atoms with Gasteiger partial charge in [-0.15, -0.1) is 23.5 Å². The molecular weight excluding hydrogens is 198 g/mol. The van der Waals surface area contributed by atoms with Crippen LogP contribution in [0.4, 0.5) is 0 Å². The van der Waals surface area contributed by atoms with E-state index in [-0.39, 0.29) is 0 Å². The predicted octanol–water partition coefficient (Wildman–Crippen LogP) is 2.54. The molecule has 1 aliphatic heterocycles. The Balaban J connectivity index is 1.79. The molecule has 0 aromatic heterocycles. The van der Waals surface area contributed by atoms with Crippen molar-refractivity contribution < 1.29 is 0 Å². The van der Waals surface area contributed by atoms with Crippen LogP contribution in [0, 0.1) is 0 Å². The molecule has 1 N–H and O–H groups in total. The quantitative estimate of drug-likeness (QED) is 0.825. The SMILES string of the molecule is c1ccc(CSC2NCCS2)cc1. The Bertz CT molecular complexity index is 244. The van der Waals surface area contributed by atoms with Crippen LogP contribution in [0.1, 0.15) is 5.56 Å². The molecule has 70 valence electrons. The minimum absolute atomic E-state index is 0.611. The van der Waals surface area contributed by atoms with Gasteiger partial charge >= 0.3 is 0 Å². The molecule has 0 radical (unpaired) electrons. The fraction of sp³-hybridized carbons (Fsp3) is 0.400. The van der Waals surface area contributed by atoms with Crippen molar-refractivity contribution in [1.29, 1.82) is 0 Å². The van der Waals surface area contributed by atoms with Gasteiger partial charge < -0.3 is 0 Å². The zero-order chi connectivity index (χ0) is 8.93. The summed E-state index contributed by atoms with van der Waals surface area (Å²) in [6.07, 6.45) is 0. The lowest BCUT2D eigenvalue weighted by Gasteiger charge is -2.08.